The normalized spacial score (nSPS) is 10.9. The Morgan fingerprint density at radius 3 is 1.89 bits per heavy atom. The van der Waals surface area contributed by atoms with E-state index in [0.29, 0.717) is 26.1 Å². The van der Waals surface area contributed by atoms with Crippen LogP contribution in [0.25, 0.3) is 11.1 Å². The third kappa shape index (κ3) is 2.94. The van der Waals surface area contributed by atoms with Crippen molar-refractivity contribution in [2.75, 3.05) is 0 Å². The molecule has 0 heterocycles. The van der Waals surface area contributed by atoms with Crippen molar-refractivity contribution < 1.29 is 0 Å². The number of halogens is 6. The molecule has 0 aromatic heterocycles. The molecule has 100 valence electrons. The van der Waals surface area contributed by atoms with Gasteiger partial charge < -0.3 is 0 Å². The summed E-state index contributed by atoms with van der Waals surface area (Å²) in [6, 6.07) is 4.99. The minimum atomic E-state index is 0.159. The van der Waals surface area contributed by atoms with Gasteiger partial charge in [-0.15, -0.1) is 12.6 Å². The second-order valence-electron chi connectivity index (χ2n) is 3.60. The lowest BCUT2D eigenvalue weighted by Crippen LogP contribution is -1.88. The van der Waals surface area contributed by atoms with Gasteiger partial charge in [0, 0.05) is 26.1 Å². The molecule has 0 saturated carbocycles. The summed E-state index contributed by atoms with van der Waals surface area (Å²) in [5.74, 6) is 0. The van der Waals surface area contributed by atoms with Gasteiger partial charge in [0.1, 0.15) is 0 Å². The average molecular weight is 393 g/mol. The Labute approximate surface area is 145 Å². The monoisotopic (exact) mass is 390 g/mol. The lowest BCUT2D eigenvalue weighted by Gasteiger charge is -2.14. The first-order valence-electron chi connectivity index (χ1n) is 4.85. The summed E-state index contributed by atoms with van der Waals surface area (Å²) in [7, 11) is 0. The third-order valence-corrected chi connectivity index (χ3v) is 5.37. The molecule has 2 aromatic rings. The van der Waals surface area contributed by atoms with E-state index in [9.17, 15) is 0 Å². The summed E-state index contributed by atoms with van der Waals surface area (Å²) >= 11 is 40.6. The third-order valence-electron chi connectivity index (χ3n) is 2.44. The Morgan fingerprint density at radius 2 is 1.32 bits per heavy atom. The van der Waals surface area contributed by atoms with Crippen LogP contribution < -0.4 is 0 Å². The van der Waals surface area contributed by atoms with E-state index in [-0.39, 0.29) is 20.1 Å². The van der Waals surface area contributed by atoms with Gasteiger partial charge in [0.15, 0.2) is 0 Å². The van der Waals surface area contributed by atoms with Crippen molar-refractivity contribution in [1.82, 2.24) is 0 Å². The van der Waals surface area contributed by atoms with Gasteiger partial charge >= 0.3 is 0 Å². The quantitative estimate of drug-likeness (QED) is 0.289. The van der Waals surface area contributed by atoms with E-state index in [2.05, 4.69) is 12.6 Å². The summed E-state index contributed by atoms with van der Waals surface area (Å²) in [6.45, 7) is 0. The van der Waals surface area contributed by atoms with Gasteiger partial charge in [-0.05, 0) is 12.1 Å². The topological polar surface area (TPSA) is 0 Å². The van der Waals surface area contributed by atoms with Crippen LogP contribution in [0, 0.1) is 0 Å². The first-order chi connectivity index (χ1) is 8.84. The van der Waals surface area contributed by atoms with Crippen molar-refractivity contribution in [3.8, 4) is 11.1 Å². The number of hydrogen-bond acceptors (Lipinski definition) is 1. The molecule has 0 aliphatic rings. The van der Waals surface area contributed by atoms with Crippen LogP contribution in [-0.2, 0) is 0 Å². The van der Waals surface area contributed by atoms with E-state index < -0.39 is 0 Å². The Hall–Kier alpha value is 0.530. The molecule has 0 aliphatic heterocycles. The Morgan fingerprint density at radius 1 is 0.737 bits per heavy atom. The van der Waals surface area contributed by atoms with Crippen LogP contribution in [0.3, 0.4) is 0 Å². The van der Waals surface area contributed by atoms with Crippen molar-refractivity contribution in [2.24, 2.45) is 0 Å². The zero-order valence-corrected chi connectivity index (χ0v) is 14.4. The van der Waals surface area contributed by atoms with Crippen molar-refractivity contribution in [1.29, 1.82) is 0 Å². The molecule has 0 bridgehead atoms. The fourth-order valence-electron chi connectivity index (χ4n) is 1.56. The molecule has 0 spiro atoms. The number of thiol groups is 1. The average Bonchev–Trinajstić information content (AvgIpc) is 2.37. The van der Waals surface area contributed by atoms with Crippen molar-refractivity contribution in [2.45, 2.75) is 4.90 Å². The molecule has 0 atom stereocenters. The first kappa shape index (κ1) is 15.9. The summed E-state index contributed by atoms with van der Waals surface area (Å²) in [6.07, 6.45) is 0. The number of rotatable bonds is 1. The van der Waals surface area contributed by atoms with Gasteiger partial charge in [0.25, 0.3) is 0 Å². The van der Waals surface area contributed by atoms with E-state index in [1.807, 2.05) is 0 Å². The van der Waals surface area contributed by atoms with Crippen molar-refractivity contribution in [3.05, 3.63) is 48.3 Å². The maximum absolute atomic E-state index is 6.21. The van der Waals surface area contributed by atoms with Gasteiger partial charge in [-0.3, -0.25) is 0 Å². The highest BCUT2D eigenvalue weighted by molar-refractivity contribution is 7.80. The molecule has 0 amide bonds. The van der Waals surface area contributed by atoms with Crippen LogP contribution in [-0.4, -0.2) is 0 Å². The molecule has 0 saturated heterocycles. The van der Waals surface area contributed by atoms with Gasteiger partial charge in [-0.2, -0.15) is 0 Å². The smallest absolute Gasteiger partial charge is 0.0805 e. The van der Waals surface area contributed by atoms with Crippen LogP contribution >= 0.6 is 82.2 Å². The van der Waals surface area contributed by atoms with Gasteiger partial charge in [0.2, 0.25) is 0 Å². The molecule has 19 heavy (non-hydrogen) atoms. The van der Waals surface area contributed by atoms with Crippen LogP contribution in [0.1, 0.15) is 0 Å². The Balaban J connectivity index is 2.83. The van der Waals surface area contributed by atoms with Crippen molar-refractivity contribution >= 4 is 82.2 Å². The Kier molecular flexibility index (Phi) is 5.12. The van der Waals surface area contributed by atoms with E-state index in [0.717, 1.165) is 0 Å². The van der Waals surface area contributed by atoms with Gasteiger partial charge in [-0.25, -0.2) is 0 Å². The molecule has 0 unspecified atom stereocenters. The molecule has 7 heteroatoms. The second kappa shape index (κ2) is 6.11. The highest BCUT2D eigenvalue weighted by atomic mass is 35.5. The molecule has 2 rings (SSSR count). The number of benzene rings is 2. The minimum Gasteiger partial charge on any atom is -0.141 e. The molecule has 0 aliphatic carbocycles. The lowest BCUT2D eigenvalue weighted by atomic mass is 10.1. The number of hydrogen-bond donors (Lipinski definition) is 1. The Bertz CT molecular complexity index is 639. The van der Waals surface area contributed by atoms with Gasteiger partial charge in [-0.1, -0.05) is 75.7 Å². The summed E-state index contributed by atoms with van der Waals surface area (Å²) < 4.78 is 0. The predicted octanol–water partition coefficient (Wildman–Crippen LogP) is 7.56. The largest absolute Gasteiger partial charge is 0.141 e. The maximum atomic E-state index is 6.21. The molecule has 0 N–H and O–H groups in total. The van der Waals surface area contributed by atoms with E-state index in [1.165, 1.54) is 0 Å². The first-order valence-corrected chi connectivity index (χ1v) is 7.56. The van der Waals surface area contributed by atoms with Crippen LogP contribution in [0.4, 0.5) is 0 Å². The van der Waals surface area contributed by atoms with E-state index in [1.54, 1.807) is 18.2 Å². The lowest BCUT2D eigenvalue weighted by molar-refractivity contribution is 1.45. The zero-order chi connectivity index (χ0) is 14.3. The highest BCUT2D eigenvalue weighted by Crippen LogP contribution is 2.48. The fraction of sp³-hybridized carbons (Fsp3) is 0. The van der Waals surface area contributed by atoms with Crippen LogP contribution in [0.15, 0.2) is 23.1 Å². The zero-order valence-electron chi connectivity index (χ0n) is 8.95. The summed E-state index contributed by atoms with van der Waals surface area (Å²) in [4.78, 5) is 0.408. The second-order valence-corrected chi connectivity index (χ2v) is 6.41. The molecular weight excluding hydrogens is 389 g/mol. The van der Waals surface area contributed by atoms with E-state index >= 15 is 0 Å². The summed E-state index contributed by atoms with van der Waals surface area (Å²) in [5, 5.41) is 1.71. The SMILES string of the molecule is Sc1c(Cl)c(Cl)c(Cl)c(Cl)c1-c1ccc(Cl)cc1Cl. The molecular formula is C12H4Cl6S. The highest BCUT2D eigenvalue weighted by Gasteiger charge is 2.21. The molecule has 0 fully saturated rings. The van der Waals surface area contributed by atoms with E-state index in [4.69, 9.17) is 69.6 Å². The van der Waals surface area contributed by atoms with Crippen LogP contribution in [0.5, 0.6) is 0 Å². The fourth-order valence-corrected chi connectivity index (χ4v) is 3.49. The minimum absolute atomic E-state index is 0.159. The summed E-state index contributed by atoms with van der Waals surface area (Å²) in [5.41, 5.74) is 1.15. The van der Waals surface area contributed by atoms with Crippen molar-refractivity contribution in [3.63, 3.8) is 0 Å². The molecule has 2 aromatic carbocycles. The predicted molar refractivity (Wildman–Crippen MR) is 89.2 cm³/mol. The molecule has 0 radical (unpaired) electrons. The van der Waals surface area contributed by atoms with Gasteiger partial charge in [0.05, 0.1) is 20.1 Å². The van der Waals surface area contributed by atoms with Crippen LogP contribution in [0.2, 0.25) is 30.1 Å². The standard InChI is InChI=1S/C12H4Cl6S/c13-4-1-2-5(6(14)3-4)7-8(15)9(16)10(17)11(18)12(7)19/h1-3,19H. The molecule has 0 nitrogen and oxygen atoms in total. The maximum Gasteiger partial charge on any atom is 0.0805 e.